The third-order valence-electron chi connectivity index (χ3n) is 2.33. The van der Waals surface area contributed by atoms with Crippen LogP contribution in [0.4, 0.5) is 5.69 Å². The summed E-state index contributed by atoms with van der Waals surface area (Å²) in [7, 11) is 3.19. The highest BCUT2D eigenvalue weighted by Gasteiger charge is 2.22. The average molecular weight is 208 g/mol. The van der Waals surface area contributed by atoms with Gasteiger partial charge < -0.3 is 15.4 Å². The number of nitrogens with zero attached hydrogens (tertiary/aromatic N) is 1. The van der Waals surface area contributed by atoms with Gasteiger partial charge in [0.15, 0.2) is 0 Å². The molecule has 2 N–H and O–H groups in total. The van der Waals surface area contributed by atoms with Gasteiger partial charge in [0, 0.05) is 19.3 Å². The van der Waals surface area contributed by atoms with Crippen LogP contribution in [-0.2, 0) is 9.53 Å². The molecule has 0 amide bonds. The van der Waals surface area contributed by atoms with E-state index in [1.54, 1.807) is 0 Å². The van der Waals surface area contributed by atoms with Crippen LogP contribution in [0.25, 0.3) is 0 Å². The summed E-state index contributed by atoms with van der Waals surface area (Å²) in [6.07, 6.45) is 0. The van der Waals surface area contributed by atoms with Gasteiger partial charge in [-0.05, 0) is 12.1 Å². The third kappa shape index (κ3) is 2.70. The van der Waals surface area contributed by atoms with E-state index >= 15 is 0 Å². The van der Waals surface area contributed by atoms with Gasteiger partial charge in [-0.2, -0.15) is 0 Å². The van der Waals surface area contributed by atoms with Crippen molar-refractivity contribution in [2.75, 3.05) is 25.6 Å². The average Bonchev–Trinajstić information content (AvgIpc) is 2.30. The molecule has 0 radical (unpaired) electrons. The number of carbonyl (C=O) groups excluding carboxylic acids is 1. The Morgan fingerprint density at radius 1 is 1.47 bits per heavy atom. The number of nitrogens with two attached hydrogens (primary N) is 1. The fourth-order valence-electron chi connectivity index (χ4n) is 1.39. The molecule has 0 spiro atoms. The van der Waals surface area contributed by atoms with E-state index in [-0.39, 0.29) is 12.5 Å². The molecule has 1 atom stereocenters. The van der Waals surface area contributed by atoms with Crippen LogP contribution in [0.1, 0.15) is 0 Å². The van der Waals surface area contributed by atoms with Crippen molar-refractivity contribution in [2.24, 2.45) is 5.73 Å². The van der Waals surface area contributed by atoms with Gasteiger partial charge in [0.1, 0.15) is 6.04 Å². The number of methoxy groups -OCH3 is 1. The summed E-state index contributed by atoms with van der Waals surface area (Å²) >= 11 is 0. The van der Waals surface area contributed by atoms with Crippen LogP contribution in [0, 0.1) is 0 Å². The molecule has 1 aromatic rings. The maximum absolute atomic E-state index is 11.4. The normalized spacial score (nSPS) is 11.9. The van der Waals surface area contributed by atoms with Crippen molar-refractivity contribution < 1.29 is 9.53 Å². The standard InChI is InChI=1S/C11H16N2O2/c1-13(9-6-4-3-5-7-9)10(8-12)11(14)15-2/h3-7,10H,8,12H2,1-2H3. The van der Waals surface area contributed by atoms with Crippen LogP contribution in [0.15, 0.2) is 30.3 Å². The number of rotatable bonds is 4. The van der Waals surface area contributed by atoms with Gasteiger partial charge in [-0.15, -0.1) is 0 Å². The Kier molecular flexibility index (Phi) is 4.12. The molecular weight excluding hydrogens is 192 g/mol. The minimum absolute atomic E-state index is 0.234. The van der Waals surface area contributed by atoms with Crippen LogP contribution in [0.3, 0.4) is 0 Å². The SMILES string of the molecule is COC(=O)C(CN)N(C)c1ccccc1. The molecule has 0 fully saturated rings. The Hall–Kier alpha value is -1.55. The predicted octanol–water partition coefficient (Wildman–Crippen LogP) is 0.623. The van der Waals surface area contributed by atoms with Crippen molar-refractivity contribution in [3.8, 4) is 0 Å². The van der Waals surface area contributed by atoms with Crippen LogP contribution < -0.4 is 10.6 Å². The molecule has 0 saturated heterocycles. The maximum atomic E-state index is 11.4. The minimum atomic E-state index is -0.433. The lowest BCUT2D eigenvalue weighted by Crippen LogP contribution is -2.44. The Bertz CT molecular complexity index is 314. The molecule has 0 bridgehead atoms. The van der Waals surface area contributed by atoms with Crippen LogP contribution in [-0.4, -0.2) is 32.7 Å². The highest BCUT2D eigenvalue weighted by molar-refractivity contribution is 5.80. The van der Waals surface area contributed by atoms with Crippen LogP contribution in [0.5, 0.6) is 0 Å². The largest absolute Gasteiger partial charge is 0.467 e. The Morgan fingerprint density at radius 2 is 2.07 bits per heavy atom. The first kappa shape index (κ1) is 11.5. The molecule has 0 heterocycles. The lowest BCUT2D eigenvalue weighted by Gasteiger charge is -2.26. The molecule has 0 saturated carbocycles. The van der Waals surface area contributed by atoms with Gasteiger partial charge in [-0.3, -0.25) is 0 Å². The molecule has 0 aliphatic heterocycles. The Morgan fingerprint density at radius 3 is 2.53 bits per heavy atom. The van der Waals surface area contributed by atoms with Crippen molar-refractivity contribution in [1.29, 1.82) is 0 Å². The van der Waals surface area contributed by atoms with Crippen molar-refractivity contribution in [1.82, 2.24) is 0 Å². The first-order valence-corrected chi connectivity index (χ1v) is 4.76. The zero-order valence-electron chi connectivity index (χ0n) is 9.01. The topological polar surface area (TPSA) is 55.6 Å². The quantitative estimate of drug-likeness (QED) is 0.737. The van der Waals surface area contributed by atoms with E-state index in [1.165, 1.54) is 7.11 Å². The first-order valence-electron chi connectivity index (χ1n) is 4.76. The van der Waals surface area contributed by atoms with E-state index in [0.717, 1.165) is 5.69 Å². The van der Waals surface area contributed by atoms with E-state index in [0.29, 0.717) is 0 Å². The summed E-state index contributed by atoms with van der Waals surface area (Å²) in [5.74, 6) is -0.316. The number of para-hydroxylation sites is 1. The van der Waals surface area contributed by atoms with E-state index in [1.807, 2.05) is 42.3 Å². The molecular formula is C11H16N2O2. The summed E-state index contributed by atoms with van der Waals surface area (Å²) in [6, 6.07) is 9.16. The molecule has 1 unspecified atom stereocenters. The molecule has 0 aliphatic carbocycles. The number of anilines is 1. The summed E-state index contributed by atoms with van der Waals surface area (Å²) in [4.78, 5) is 13.2. The first-order chi connectivity index (χ1) is 7.20. The van der Waals surface area contributed by atoms with Crippen LogP contribution >= 0.6 is 0 Å². The molecule has 4 heteroatoms. The minimum Gasteiger partial charge on any atom is -0.467 e. The monoisotopic (exact) mass is 208 g/mol. The van der Waals surface area contributed by atoms with Gasteiger partial charge in [0.25, 0.3) is 0 Å². The van der Waals surface area contributed by atoms with E-state index in [2.05, 4.69) is 4.74 Å². The van der Waals surface area contributed by atoms with Crippen molar-refractivity contribution in [3.63, 3.8) is 0 Å². The lowest BCUT2D eigenvalue weighted by atomic mass is 10.2. The summed E-state index contributed by atoms with van der Waals surface area (Å²) < 4.78 is 4.69. The van der Waals surface area contributed by atoms with Gasteiger partial charge in [0.05, 0.1) is 7.11 Å². The fraction of sp³-hybridized carbons (Fsp3) is 0.364. The van der Waals surface area contributed by atoms with Gasteiger partial charge in [-0.25, -0.2) is 4.79 Å². The predicted molar refractivity (Wildman–Crippen MR) is 59.7 cm³/mol. The molecule has 15 heavy (non-hydrogen) atoms. The fourth-order valence-corrected chi connectivity index (χ4v) is 1.39. The number of likely N-dealkylation sites (N-methyl/N-ethyl adjacent to an activating group) is 1. The zero-order chi connectivity index (χ0) is 11.3. The third-order valence-corrected chi connectivity index (χ3v) is 2.33. The lowest BCUT2D eigenvalue weighted by molar-refractivity contribution is -0.141. The Labute approximate surface area is 89.6 Å². The molecule has 0 aliphatic rings. The number of esters is 1. The molecule has 1 rings (SSSR count). The van der Waals surface area contributed by atoms with Gasteiger partial charge >= 0.3 is 5.97 Å². The van der Waals surface area contributed by atoms with Crippen molar-refractivity contribution >= 4 is 11.7 Å². The van der Waals surface area contributed by atoms with E-state index in [9.17, 15) is 4.79 Å². The number of hydrogen-bond donors (Lipinski definition) is 1. The molecule has 4 nitrogen and oxygen atoms in total. The highest BCUT2D eigenvalue weighted by atomic mass is 16.5. The second-order valence-electron chi connectivity index (χ2n) is 3.22. The van der Waals surface area contributed by atoms with Gasteiger partial charge in [0.2, 0.25) is 0 Å². The second kappa shape index (κ2) is 5.36. The van der Waals surface area contributed by atoms with E-state index in [4.69, 9.17) is 5.73 Å². The second-order valence-corrected chi connectivity index (χ2v) is 3.22. The number of carbonyl (C=O) groups is 1. The number of hydrogen-bond acceptors (Lipinski definition) is 4. The zero-order valence-corrected chi connectivity index (χ0v) is 9.01. The highest BCUT2D eigenvalue weighted by Crippen LogP contribution is 2.14. The van der Waals surface area contributed by atoms with Crippen molar-refractivity contribution in [3.05, 3.63) is 30.3 Å². The van der Waals surface area contributed by atoms with Crippen LogP contribution in [0.2, 0.25) is 0 Å². The summed E-state index contributed by atoms with van der Waals surface area (Å²) in [5.41, 5.74) is 6.49. The summed E-state index contributed by atoms with van der Waals surface area (Å²) in [6.45, 7) is 0.234. The number of ether oxygens (including phenoxy) is 1. The smallest absolute Gasteiger partial charge is 0.329 e. The maximum Gasteiger partial charge on any atom is 0.329 e. The van der Waals surface area contributed by atoms with E-state index < -0.39 is 6.04 Å². The van der Waals surface area contributed by atoms with Crippen molar-refractivity contribution in [2.45, 2.75) is 6.04 Å². The molecule has 1 aromatic carbocycles. The molecule has 82 valence electrons. The molecule has 0 aromatic heterocycles. The number of benzene rings is 1. The van der Waals surface area contributed by atoms with Gasteiger partial charge in [-0.1, -0.05) is 18.2 Å². The Balaban J connectivity index is 2.82. The summed E-state index contributed by atoms with van der Waals surface area (Å²) in [5, 5.41) is 0.